The molecule has 12 heteroatoms. The van der Waals surface area contributed by atoms with Crippen LogP contribution in [0.3, 0.4) is 0 Å². The average molecular weight is 620 g/mol. The van der Waals surface area contributed by atoms with Crippen LogP contribution in [0.4, 0.5) is 5.69 Å². The maximum absolute atomic E-state index is 12.9. The highest BCUT2D eigenvalue weighted by molar-refractivity contribution is 7.94. The van der Waals surface area contributed by atoms with E-state index in [0.717, 1.165) is 53.7 Å². The van der Waals surface area contributed by atoms with Crippen LogP contribution in [0, 0.1) is 0 Å². The summed E-state index contributed by atoms with van der Waals surface area (Å²) in [6.45, 7) is 11.9. The third kappa shape index (κ3) is 6.72. The van der Waals surface area contributed by atoms with Crippen molar-refractivity contribution < 1.29 is 27.5 Å². The highest BCUT2D eigenvalue weighted by Crippen LogP contribution is 2.44. The summed E-state index contributed by atoms with van der Waals surface area (Å²) in [4.78, 5) is 2.62. The minimum atomic E-state index is -3.85. The van der Waals surface area contributed by atoms with Gasteiger partial charge in [-0.2, -0.15) is 4.33 Å². The van der Waals surface area contributed by atoms with E-state index in [0.29, 0.717) is 33.8 Å². The molecule has 1 heterocycles. The van der Waals surface area contributed by atoms with Crippen molar-refractivity contribution in [3.63, 3.8) is 0 Å². The smallest absolute Gasteiger partial charge is 0.240 e. The lowest BCUT2D eigenvalue weighted by molar-refractivity contribution is -0.777. The van der Waals surface area contributed by atoms with Gasteiger partial charge in [0.1, 0.15) is 24.4 Å². The van der Waals surface area contributed by atoms with E-state index < -0.39 is 10.0 Å². The van der Waals surface area contributed by atoms with E-state index in [1.165, 1.54) is 12.1 Å². The van der Waals surface area contributed by atoms with Crippen LogP contribution in [0.25, 0.3) is 33.4 Å². The van der Waals surface area contributed by atoms with E-state index in [9.17, 15) is 13.7 Å². The van der Waals surface area contributed by atoms with Gasteiger partial charge in [0.25, 0.3) is 0 Å². The second-order valence-corrected chi connectivity index (χ2v) is 12.0. The van der Waals surface area contributed by atoms with Crippen molar-refractivity contribution in [2.45, 2.75) is 37.5 Å². The second-order valence-electron chi connectivity index (χ2n) is 9.15. The fourth-order valence-corrected chi connectivity index (χ4v) is 6.86. The highest BCUT2D eigenvalue weighted by Gasteiger charge is 2.24. The molecule has 4 rings (SSSR count). The molecule has 0 bridgehead atoms. The van der Waals surface area contributed by atoms with Crippen LogP contribution in [0.1, 0.15) is 27.7 Å². The summed E-state index contributed by atoms with van der Waals surface area (Å²) in [6, 6.07) is 16.8. The van der Waals surface area contributed by atoms with Gasteiger partial charge in [0.2, 0.25) is 15.4 Å². The molecule has 0 radical (unpaired) electrons. The average Bonchev–Trinajstić information content (AvgIpc) is 2.99. The van der Waals surface area contributed by atoms with Crippen LogP contribution >= 0.6 is 23.6 Å². The molecule has 9 nitrogen and oxygen atoms in total. The van der Waals surface area contributed by atoms with Gasteiger partial charge in [-0.15, -0.1) is 11.6 Å². The third-order valence-corrected chi connectivity index (χ3v) is 9.31. The van der Waals surface area contributed by atoms with Gasteiger partial charge in [-0.1, -0.05) is 6.07 Å². The molecule has 2 aromatic carbocycles. The summed E-state index contributed by atoms with van der Waals surface area (Å²) >= 11 is 6.34. The molecular weight excluding hydrogens is 586 g/mol. The van der Waals surface area contributed by atoms with E-state index in [2.05, 4.69) is 46.9 Å². The van der Waals surface area contributed by atoms with Gasteiger partial charge in [-0.05, 0) is 63.6 Å². The van der Waals surface area contributed by atoms with Crippen molar-refractivity contribution in [3.05, 3.63) is 60.0 Å². The summed E-state index contributed by atoms with van der Waals surface area (Å²) in [5.74, 6) is 0.800. The van der Waals surface area contributed by atoms with Crippen molar-refractivity contribution >= 4 is 50.3 Å². The Morgan fingerprint density at radius 1 is 1.00 bits per heavy atom. The molecule has 41 heavy (non-hydrogen) atoms. The standard InChI is InChI=1S/C29H34ClN3O6S2/c1-5-32(6-2)20-9-12-23-26(17-20)37-27-18-21(33(7-3)8-4)10-13-24(27)29(23)25-14-11-22(19-28(25)40-39-38-34)41(35,36)31-16-15-30/h9-14,17-19,31H,5-8,15-16H2,1-4H3. The molecule has 0 saturated carbocycles. The van der Waals surface area contributed by atoms with E-state index in [1.807, 2.05) is 36.4 Å². The Bertz CT molecular complexity index is 1650. The molecule has 1 N–H and O–H groups in total. The number of benzene rings is 3. The van der Waals surface area contributed by atoms with Crippen molar-refractivity contribution in [3.8, 4) is 22.5 Å². The SMILES string of the molecule is CCN(CC)c1ccc2c(-c3ccc(S(=O)(=O)NCCCl)cc3SOO[O-])c3ccc(=[N+](CC)CC)cc-3oc2c1. The molecule has 2 aromatic rings. The predicted octanol–water partition coefficient (Wildman–Crippen LogP) is 4.61. The zero-order chi connectivity index (χ0) is 29.6. The predicted molar refractivity (Wildman–Crippen MR) is 162 cm³/mol. The number of fused-ring (bicyclic) bond motifs is 2. The zero-order valence-corrected chi connectivity index (χ0v) is 25.9. The summed E-state index contributed by atoms with van der Waals surface area (Å²) < 4.78 is 41.7. The fraction of sp³-hybridized carbons (Fsp3) is 0.345. The second kappa shape index (κ2) is 14.0. The van der Waals surface area contributed by atoms with Crippen LogP contribution < -0.4 is 24.8 Å². The first-order chi connectivity index (χ1) is 19.8. The van der Waals surface area contributed by atoms with E-state index in [1.54, 1.807) is 6.07 Å². The van der Waals surface area contributed by atoms with Crippen molar-refractivity contribution in [2.75, 3.05) is 43.5 Å². The summed E-state index contributed by atoms with van der Waals surface area (Å²) in [5, 5.41) is 16.3. The van der Waals surface area contributed by atoms with Gasteiger partial charge in [-0.25, -0.2) is 17.7 Å². The molecule has 2 aliphatic rings. The maximum Gasteiger partial charge on any atom is 0.240 e. The molecule has 0 spiro atoms. The number of anilines is 1. The lowest BCUT2D eigenvalue weighted by atomic mass is 9.93. The molecule has 0 saturated heterocycles. The molecule has 0 amide bonds. The van der Waals surface area contributed by atoms with Gasteiger partial charge in [-0.3, -0.25) is 5.04 Å². The monoisotopic (exact) mass is 619 g/mol. The molecule has 0 unspecified atom stereocenters. The number of hydrogen-bond acceptors (Lipinski definition) is 8. The summed E-state index contributed by atoms with van der Waals surface area (Å²) in [5.41, 5.74) is 3.99. The molecule has 1 aliphatic heterocycles. The number of nitrogens with zero attached hydrogens (tertiary/aromatic N) is 2. The van der Waals surface area contributed by atoms with Crippen LogP contribution in [-0.4, -0.2) is 47.0 Å². The first-order valence-electron chi connectivity index (χ1n) is 13.5. The maximum atomic E-state index is 12.9. The minimum Gasteiger partial charge on any atom is -0.691 e. The van der Waals surface area contributed by atoms with E-state index >= 15 is 0 Å². The lowest BCUT2D eigenvalue weighted by Crippen LogP contribution is -2.29. The van der Waals surface area contributed by atoms with Crippen LogP contribution in [0.2, 0.25) is 0 Å². The van der Waals surface area contributed by atoms with Gasteiger partial charge >= 0.3 is 0 Å². The van der Waals surface area contributed by atoms with Crippen LogP contribution in [0.5, 0.6) is 0 Å². The van der Waals surface area contributed by atoms with E-state index in [4.69, 9.17) is 20.4 Å². The van der Waals surface area contributed by atoms with E-state index in [-0.39, 0.29) is 17.3 Å². The highest BCUT2D eigenvalue weighted by atomic mass is 35.5. The Labute approximate surface area is 249 Å². The third-order valence-electron chi connectivity index (χ3n) is 7.02. The molecule has 0 aromatic heterocycles. The quantitative estimate of drug-likeness (QED) is 0.0577. The summed E-state index contributed by atoms with van der Waals surface area (Å²) in [7, 11) is -3.85. The number of alkyl halides is 1. The number of halogens is 1. The Kier molecular flexibility index (Phi) is 10.7. The lowest BCUT2D eigenvalue weighted by Gasteiger charge is -2.23. The van der Waals surface area contributed by atoms with Gasteiger partial charge in [0.05, 0.1) is 23.0 Å². The number of nitrogens with one attached hydrogen (secondary N) is 1. The molecular formula is C29H34ClN3O6S2. The summed E-state index contributed by atoms with van der Waals surface area (Å²) in [6.07, 6.45) is 0. The van der Waals surface area contributed by atoms with Crippen molar-refractivity contribution in [1.82, 2.24) is 9.30 Å². The Balaban J connectivity index is 2.06. The van der Waals surface area contributed by atoms with Crippen LogP contribution in [0.15, 0.2) is 68.8 Å². The first-order valence-corrected chi connectivity index (χ1v) is 16.2. The number of hydrogen-bond donors (Lipinski definition) is 1. The first kappa shape index (κ1) is 31.3. The van der Waals surface area contributed by atoms with Gasteiger partial charge in [0, 0.05) is 64.7 Å². The Morgan fingerprint density at radius 3 is 2.39 bits per heavy atom. The number of sulfonamides is 1. The van der Waals surface area contributed by atoms with Crippen molar-refractivity contribution in [2.24, 2.45) is 0 Å². The van der Waals surface area contributed by atoms with Gasteiger partial charge < -0.3 is 14.6 Å². The largest absolute Gasteiger partial charge is 0.691 e. The van der Waals surface area contributed by atoms with Gasteiger partial charge in [0.15, 0.2) is 0 Å². The minimum absolute atomic E-state index is 0.00485. The molecule has 0 fully saturated rings. The zero-order valence-electron chi connectivity index (χ0n) is 23.5. The van der Waals surface area contributed by atoms with Crippen molar-refractivity contribution in [1.29, 1.82) is 0 Å². The Morgan fingerprint density at radius 2 is 1.73 bits per heavy atom. The van der Waals surface area contributed by atoms with Crippen LogP contribution in [-0.2, 0) is 19.4 Å². The Hall–Kier alpha value is -2.64. The number of rotatable bonds is 13. The molecule has 220 valence electrons. The molecule has 0 atom stereocenters. The normalized spacial score (nSPS) is 11.9. The fourth-order valence-electron chi connectivity index (χ4n) is 4.98. The molecule has 1 aliphatic carbocycles. The topological polar surface area (TPSA) is 107 Å².